The molecular formula is C25H26Cl2N2O3. The Labute approximate surface area is 198 Å². The van der Waals surface area contributed by atoms with Crippen LogP contribution in [0.5, 0.6) is 11.5 Å². The van der Waals surface area contributed by atoms with Crippen molar-refractivity contribution in [3.05, 3.63) is 93.5 Å². The van der Waals surface area contributed by atoms with Gasteiger partial charge in [-0.2, -0.15) is 0 Å². The molecule has 0 unspecified atom stereocenters. The Morgan fingerprint density at radius 1 is 0.906 bits per heavy atom. The number of nitrogens with two attached hydrogens (primary N) is 1. The molecule has 5 nitrogen and oxygen atoms in total. The summed E-state index contributed by atoms with van der Waals surface area (Å²) < 4.78 is 11.1. The number of carbonyl (C=O) groups excluding carboxylic acids is 1. The van der Waals surface area contributed by atoms with E-state index in [2.05, 4.69) is 5.32 Å². The van der Waals surface area contributed by atoms with E-state index in [4.69, 9.17) is 38.4 Å². The largest absolute Gasteiger partial charge is 0.497 e. The van der Waals surface area contributed by atoms with Gasteiger partial charge in [0.05, 0.1) is 30.9 Å². The first kappa shape index (κ1) is 23.9. The van der Waals surface area contributed by atoms with Crippen LogP contribution in [-0.4, -0.2) is 19.1 Å². The summed E-state index contributed by atoms with van der Waals surface area (Å²) in [7, 11) is 1.57. The van der Waals surface area contributed by atoms with Crippen molar-refractivity contribution in [1.82, 2.24) is 5.32 Å². The van der Waals surface area contributed by atoms with Crippen LogP contribution in [0.1, 0.15) is 47.4 Å². The SMILES string of the molecule is COc1ccc(C(=O)N[C@@H](c2ccc(Cl)cc2)[C@@H](N)c2ccc(Cl)cc2)c(OC(C)C)c1. The summed E-state index contributed by atoms with van der Waals surface area (Å²) in [5.74, 6) is 0.726. The lowest BCUT2D eigenvalue weighted by Gasteiger charge is -2.27. The highest BCUT2D eigenvalue weighted by molar-refractivity contribution is 6.30. The minimum absolute atomic E-state index is 0.114. The van der Waals surface area contributed by atoms with Crippen LogP contribution in [0, 0.1) is 0 Å². The number of rotatable bonds is 8. The van der Waals surface area contributed by atoms with Gasteiger partial charge >= 0.3 is 0 Å². The van der Waals surface area contributed by atoms with E-state index in [0.717, 1.165) is 11.1 Å². The summed E-state index contributed by atoms with van der Waals surface area (Å²) in [6.07, 6.45) is -0.114. The zero-order valence-electron chi connectivity index (χ0n) is 18.1. The third kappa shape index (κ3) is 5.94. The maximum Gasteiger partial charge on any atom is 0.255 e. The average Bonchev–Trinajstić information content (AvgIpc) is 2.77. The van der Waals surface area contributed by atoms with Gasteiger partial charge in [-0.05, 0) is 61.4 Å². The van der Waals surface area contributed by atoms with Crippen LogP contribution in [0.2, 0.25) is 10.0 Å². The normalized spacial score (nSPS) is 12.8. The maximum absolute atomic E-state index is 13.4. The number of hydrogen-bond donors (Lipinski definition) is 2. The van der Waals surface area contributed by atoms with Crippen LogP contribution in [0.4, 0.5) is 0 Å². The van der Waals surface area contributed by atoms with E-state index in [9.17, 15) is 4.79 Å². The molecule has 0 fully saturated rings. The summed E-state index contributed by atoms with van der Waals surface area (Å²) in [6.45, 7) is 3.79. The molecule has 3 aromatic carbocycles. The van der Waals surface area contributed by atoms with E-state index < -0.39 is 12.1 Å². The van der Waals surface area contributed by atoms with E-state index in [1.807, 2.05) is 38.1 Å². The van der Waals surface area contributed by atoms with Crippen molar-refractivity contribution in [1.29, 1.82) is 0 Å². The molecule has 0 aliphatic carbocycles. The molecule has 0 saturated carbocycles. The lowest BCUT2D eigenvalue weighted by Crippen LogP contribution is -2.36. The molecule has 2 atom stereocenters. The second-order valence-electron chi connectivity index (χ2n) is 7.61. The highest BCUT2D eigenvalue weighted by atomic mass is 35.5. The molecule has 0 radical (unpaired) electrons. The first-order valence-corrected chi connectivity index (χ1v) is 11.0. The number of carbonyl (C=O) groups is 1. The monoisotopic (exact) mass is 472 g/mol. The van der Waals surface area contributed by atoms with Crippen LogP contribution in [0.25, 0.3) is 0 Å². The summed E-state index contributed by atoms with van der Waals surface area (Å²) in [5, 5.41) is 4.28. The van der Waals surface area contributed by atoms with Gasteiger partial charge in [0, 0.05) is 16.1 Å². The molecule has 0 saturated heterocycles. The van der Waals surface area contributed by atoms with E-state index in [1.165, 1.54) is 0 Å². The molecule has 168 valence electrons. The molecule has 0 bridgehead atoms. The van der Waals surface area contributed by atoms with Crippen molar-refractivity contribution in [3.8, 4) is 11.5 Å². The predicted molar refractivity (Wildman–Crippen MR) is 129 cm³/mol. The second kappa shape index (κ2) is 10.7. The van der Waals surface area contributed by atoms with E-state index >= 15 is 0 Å². The summed E-state index contributed by atoms with van der Waals surface area (Å²) in [6, 6.07) is 18.5. The first-order chi connectivity index (χ1) is 15.3. The van der Waals surface area contributed by atoms with Gasteiger partial charge in [-0.3, -0.25) is 4.79 Å². The van der Waals surface area contributed by atoms with Gasteiger partial charge in [0.2, 0.25) is 0 Å². The van der Waals surface area contributed by atoms with Gasteiger partial charge in [-0.15, -0.1) is 0 Å². The van der Waals surface area contributed by atoms with Crippen LogP contribution in [0.15, 0.2) is 66.7 Å². The van der Waals surface area contributed by atoms with Crippen molar-refractivity contribution in [2.75, 3.05) is 7.11 Å². The quantitative estimate of drug-likeness (QED) is 0.424. The Kier molecular flexibility index (Phi) is 8.02. The summed E-state index contributed by atoms with van der Waals surface area (Å²) in [5.41, 5.74) is 8.66. The van der Waals surface area contributed by atoms with Crippen LogP contribution in [-0.2, 0) is 0 Å². The van der Waals surface area contributed by atoms with Crippen LogP contribution < -0.4 is 20.5 Å². The maximum atomic E-state index is 13.4. The standard InChI is InChI=1S/C25H26Cl2N2O3/c1-15(2)32-22-14-20(31-3)12-13-21(22)25(30)29-24(17-6-10-19(27)11-7-17)23(28)16-4-8-18(26)9-5-16/h4-15,23-24H,28H2,1-3H3,(H,29,30)/t23-,24-/m0/s1. The van der Waals surface area contributed by atoms with Crippen molar-refractivity contribution in [3.63, 3.8) is 0 Å². The Morgan fingerprint density at radius 2 is 1.47 bits per heavy atom. The fraction of sp³-hybridized carbons (Fsp3) is 0.240. The highest BCUT2D eigenvalue weighted by Gasteiger charge is 2.26. The second-order valence-corrected chi connectivity index (χ2v) is 8.48. The summed E-state index contributed by atoms with van der Waals surface area (Å²) in [4.78, 5) is 13.4. The molecule has 0 aromatic heterocycles. The lowest BCUT2D eigenvalue weighted by atomic mass is 9.93. The van der Waals surface area contributed by atoms with Crippen molar-refractivity contribution >= 4 is 29.1 Å². The fourth-order valence-corrected chi connectivity index (χ4v) is 3.57. The number of amides is 1. The number of hydrogen-bond acceptors (Lipinski definition) is 4. The summed E-state index contributed by atoms with van der Waals surface area (Å²) >= 11 is 12.1. The minimum atomic E-state index is -0.523. The highest BCUT2D eigenvalue weighted by Crippen LogP contribution is 2.31. The molecule has 0 spiro atoms. The Morgan fingerprint density at radius 3 is 2.00 bits per heavy atom. The third-order valence-corrected chi connectivity index (χ3v) is 5.43. The molecule has 32 heavy (non-hydrogen) atoms. The zero-order valence-corrected chi connectivity index (χ0v) is 19.7. The molecule has 7 heteroatoms. The van der Waals surface area contributed by atoms with Crippen molar-refractivity contribution < 1.29 is 14.3 Å². The first-order valence-electron chi connectivity index (χ1n) is 10.2. The van der Waals surface area contributed by atoms with Gasteiger partial charge in [0.15, 0.2) is 0 Å². The Balaban J connectivity index is 1.96. The molecule has 3 aromatic rings. The third-order valence-electron chi connectivity index (χ3n) is 4.93. The van der Waals surface area contributed by atoms with Gasteiger partial charge in [-0.25, -0.2) is 0 Å². The Bertz CT molecular complexity index is 1050. The van der Waals surface area contributed by atoms with Gasteiger partial charge < -0.3 is 20.5 Å². The number of methoxy groups -OCH3 is 1. The van der Waals surface area contributed by atoms with E-state index in [-0.39, 0.29) is 12.0 Å². The van der Waals surface area contributed by atoms with Gasteiger partial charge in [-0.1, -0.05) is 47.5 Å². The topological polar surface area (TPSA) is 73.6 Å². The molecule has 0 heterocycles. The van der Waals surface area contributed by atoms with E-state index in [1.54, 1.807) is 49.6 Å². The molecule has 0 aliphatic rings. The molecule has 0 aliphatic heterocycles. The minimum Gasteiger partial charge on any atom is -0.497 e. The molecular weight excluding hydrogens is 447 g/mol. The predicted octanol–water partition coefficient (Wildman–Crippen LogP) is 5.96. The fourth-order valence-electron chi connectivity index (χ4n) is 3.32. The van der Waals surface area contributed by atoms with Gasteiger partial charge in [0.25, 0.3) is 5.91 Å². The smallest absolute Gasteiger partial charge is 0.255 e. The van der Waals surface area contributed by atoms with Crippen molar-refractivity contribution in [2.24, 2.45) is 5.73 Å². The molecule has 3 N–H and O–H groups in total. The van der Waals surface area contributed by atoms with E-state index in [0.29, 0.717) is 27.1 Å². The van der Waals surface area contributed by atoms with Crippen LogP contribution >= 0.6 is 23.2 Å². The van der Waals surface area contributed by atoms with Crippen LogP contribution in [0.3, 0.4) is 0 Å². The van der Waals surface area contributed by atoms with Gasteiger partial charge in [0.1, 0.15) is 11.5 Å². The number of benzene rings is 3. The number of nitrogens with one attached hydrogen (secondary N) is 1. The molecule has 1 amide bonds. The zero-order chi connectivity index (χ0) is 23.3. The average molecular weight is 473 g/mol. The van der Waals surface area contributed by atoms with Crippen molar-refractivity contribution in [2.45, 2.75) is 32.0 Å². The Hall–Kier alpha value is -2.73. The lowest BCUT2D eigenvalue weighted by molar-refractivity contribution is 0.0924. The number of ether oxygens (including phenoxy) is 2. The number of halogens is 2. The molecule has 3 rings (SSSR count).